The number of carboxylic acids is 1. The van der Waals surface area contributed by atoms with E-state index >= 15 is 0 Å². The maximum atomic E-state index is 11.1. The Hall–Kier alpha value is -2.82. The number of hydrogen-bond donors (Lipinski definition) is 2. The van der Waals surface area contributed by atoms with Crippen LogP contribution in [0.5, 0.6) is 5.75 Å². The zero-order valence-corrected chi connectivity index (χ0v) is 11.4. The molecule has 5 nitrogen and oxygen atoms in total. The number of phenolic OH excluding ortho intramolecular Hbond substituents is 1. The van der Waals surface area contributed by atoms with Crippen molar-refractivity contribution < 1.29 is 15.0 Å². The van der Waals surface area contributed by atoms with Crippen molar-refractivity contribution in [2.24, 2.45) is 0 Å². The van der Waals surface area contributed by atoms with E-state index < -0.39 is 5.97 Å². The molecule has 5 heteroatoms. The molecule has 3 aromatic rings. The SMILES string of the molecule is CCc1cc(C(=O)O)nn1-c1cccc2c(O)cccc12. The summed E-state index contributed by atoms with van der Waals surface area (Å²) in [5, 5.41) is 24.7. The molecule has 2 aromatic carbocycles. The van der Waals surface area contributed by atoms with E-state index in [4.69, 9.17) is 5.11 Å². The lowest BCUT2D eigenvalue weighted by Gasteiger charge is -2.10. The second-order valence-corrected chi connectivity index (χ2v) is 4.74. The number of aromatic carboxylic acids is 1. The van der Waals surface area contributed by atoms with E-state index in [-0.39, 0.29) is 11.4 Å². The number of carbonyl (C=O) groups is 1. The molecule has 0 aliphatic rings. The molecule has 0 saturated carbocycles. The maximum absolute atomic E-state index is 11.1. The highest BCUT2D eigenvalue weighted by Gasteiger charge is 2.15. The van der Waals surface area contributed by atoms with Crippen molar-refractivity contribution in [2.45, 2.75) is 13.3 Å². The van der Waals surface area contributed by atoms with Crippen LogP contribution < -0.4 is 0 Å². The van der Waals surface area contributed by atoms with Crippen LogP contribution in [0.15, 0.2) is 42.5 Å². The molecule has 106 valence electrons. The second kappa shape index (κ2) is 4.94. The van der Waals surface area contributed by atoms with Gasteiger partial charge in [0.25, 0.3) is 0 Å². The van der Waals surface area contributed by atoms with E-state index in [2.05, 4.69) is 5.10 Å². The van der Waals surface area contributed by atoms with Crippen molar-refractivity contribution in [3.05, 3.63) is 53.9 Å². The van der Waals surface area contributed by atoms with Gasteiger partial charge in [-0.25, -0.2) is 9.48 Å². The number of hydrogen-bond acceptors (Lipinski definition) is 3. The van der Waals surface area contributed by atoms with Crippen LogP contribution >= 0.6 is 0 Å². The first kappa shape index (κ1) is 13.2. The van der Waals surface area contributed by atoms with E-state index in [1.807, 2.05) is 31.2 Å². The lowest BCUT2D eigenvalue weighted by molar-refractivity contribution is 0.0690. The quantitative estimate of drug-likeness (QED) is 0.774. The number of fused-ring (bicyclic) bond motifs is 1. The number of carboxylic acid groups (broad SMARTS) is 1. The van der Waals surface area contributed by atoms with Crippen LogP contribution in [0, 0.1) is 0 Å². The van der Waals surface area contributed by atoms with Crippen molar-refractivity contribution in [1.29, 1.82) is 0 Å². The minimum absolute atomic E-state index is 0.0176. The molecule has 0 saturated heterocycles. The number of phenols is 1. The summed E-state index contributed by atoms with van der Waals surface area (Å²) in [4.78, 5) is 11.1. The molecule has 0 atom stereocenters. The van der Waals surface area contributed by atoms with Crippen molar-refractivity contribution in [3.8, 4) is 11.4 Å². The lowest BCUT2D eigenvalue weighted by atomic mass is 10.1. The van der Waals surface area contributed by atoms with Gasteiger partial charge < -0.3 is 10.2 Å². The molecular weight excluding hydrogens is 268 g/mol. The highest BCUT2D eigenvalue weighted by Crippen LogP contribution is 2.29. The minimum atomic E-state index is -1.05. The number of aromatic hydroxyl groups is 1. The topological polar surface area (TPSA) is 75.3 Å². The minimum Gasteiger partial charge on any atom is -0.507 e. The normalized spacial score (nSPS) is 10.9. The molecule has 0 aliphatic heterocycles. The number of nitrogens with zero attached hydrogens (tertiary/aromatic N) is 2. The number of aryl methyl sites for hydroxylation is 1. The van der Waals surface area contributed by atoms with Gasteiger partial charge >= 0.3 is 5.97 Å². The van der Waals surface area contributed by atoms with E-state index in [9.17, 15) is 9.90 Å². The Morgan fingerprint density at radius 1 is 1.19 bits per heavy atom. The molecule has 2 N–H and O–H groups in total. The van der Waals surface area contributed by atoms with Crippen LogP contribution in [0.1, 0.15) is 23.1 Å². The lowest BCUT2D eigenvalue weighted by Crippen LogP contribution is -2.04. The Kier molecular flexibility index (Phi) is 3.10. The van der Waals surface area contributed by atoms with Gasteiger partial charge in [-0.2, -0.15) is 5.10 Å². The molecule has 0 fully saturated rings. The molecule has 1 aromatic heterocycles. The van der Waals surface area contributed by atoms with E-state index in [1.54, 1.807) is 22.9 Å². The van der Waals surface area contributed by atoms with Crippen LogP contribution in [0.25, 0.3) is 16.5 Å². The van der Waals surface area contributed by atoms with Crippen LogP contribution in [-0.2, 0) is 6.42 Å². The standard InChI is InChI=1S/C16H14N2O3/c1-2-10-9-13(16(20)21)17-18(10)14-7-3-6-12-11(14)5-4-8-15(12)19/h3-9,19H,2H2,1H3,(H,20,21). The fourth-order valence-electron chi connectivity index (χ4n) is 2.45. The van der Waals surface area contributed by atoms with Gasteiger partial charge in [0.1, 0.15) is 5.75 Å². The summed E-state index contributed by atoms with van der Waals surface area (Å²) in [5.74, 6) is -0.857. The predicted molar refractivity (Wildman–Crippen MR) is 79.1 cm³/mol. The molecule has 21 heavy (non-hydrogen) atoms. The van der Waals surface area contributed by atoms with E-state index in [0.717, 1.165) is 16.8 Å². The fraction of sp³-hybridized carbons (Fsp3) is 0.125. The van der Waals surface area contributed by atoms with Gasteiger partial charge in [0.05, 0.1) is 5.69 Å². The average molecular weight is 282 g/mol. The Labute approximate surface area is 121 Å². The highest BCUT2D eigenvalue weighted by molar-refractivity contribution is 5.94. The Morgan fingerprint density at radius 2 is 1.90 bits per heavy atom. The monoisotopic (exact) mass is 282 g/mol. The van der Waals surface area contributed by atoms with Crippen LogP contribution in [-0.4, -0.2) is 26.0 Å². The van der Waals surface area contributed by atoms with E-state index in [1.165, 1.54) is 0 Å². The third-order valence-electron chi connectivity index (χ3n) is 3.47. The summed E-state index contributed by atoms with van der Waals surface area (Å²) in [6.45, 7) is 1.95. The van der Waals surface area contributed by atoms with Crippen LogP contribution in [0.2, 0.25) is 0 Å². The Bertz CT molecular complexity index is 837. The maximum Gasteiger partial charge on any atom is 0.356 e. The zero-order valence-electron chi connectivity index (χ0n) is 11.4. The Morgan fingerprint density at radius 3 is 2.62 bits per heavy atom. The van der Waals surface area contributed by atoms with Crippen LogP contribution in [0.3, 0.4) is 0 Å². The van der Waals surface area contributed by atoms with Crippen molar-refractivity contribution >= 4 is 16.7 Å². The van der Waals surface area contributed by atoms with Gasteiger partial charge in [0.2, 0.25) is 0 Å². The Balaban J connectivity index is 2.30. The molecule has 0 radical (unpaired) electrons. The van der Waals surface area contributed by atoms with Crippen LogP contribution in [0.4, 0.5) is 0 Å². The predicted octanol–water partition coefficient (Wildman–Crippen LogP) is 2.99. The van der Waals surface area contributed by atoms with Gasteiger partial charge in [-0.3, -0.25) is 0 Å². The zero-order chi connectivity index (χ0) is 15.0. The largest absolute Gasteiger partial charge is 0.507 e. The molecule has 3 rings (SSSR count). The first-order chi connectivity index (χ1) is 10.1. The molecule has 0 amide bonds. The molecule has 0 spiro atoms. The highest BCUT2D eigenvalue weighted by atomic mass is 16.4. The summed E-state index contributed by atoms with van der Waals surface area (Å²) in [7, 11) is 0. The molecule has 1 heterocycles. The summed E-state index contributed by atoms with van der Waals surface area (Å²) in [5.41, 5.74) is 1.58. The molecule has 0 bridgehead atoms. The first-order valence-electron chi connectivity index (χ1n) is 6.65. The molecule has 0 unspecified atom stereocenters. The average Bonchev–Trinajstić information content (AvgIpc) is 2.91. The summed E-state index contributed by atoms with van der Waals surface area (Å²) < 4.78 is 1.63. The summed E-state index contributed by atoms with van der Waals surface area (Å²) >= 11 is 0. The fourth-order valence-corrected chi connectivity index (χ4v) is 2.45. The van der Waals surface area contributed by atoms with E-state index in [0.29, 0.717) is 11.8 Å². The van der Waals surface area contributed by atoms with Crippen molar-refractivity contribution in [2.75, 3.05) is 0 Å². The molecular formula is C16H14N2O3. The smallest absolute Gasteiger partial charge is 0.356 e. The van der Waals surface area contributed by atoms with Gasteiger partial charge in [0.15, 0.2) is 5.69 Å². The van der Waals surface area contributed by atoms with Gasteiger partial charge in [-0.15, -0.1) is 0 Å². The summed E-state index contributed by atoms with van der Waals surface area (Å²) in [6.07, 6.45) is 0.662. The summed E-state index contributed by atoms with van der Waals surface area (Å²) in [6, 6.07) is 12.3. The number of aromatic nitrogens is 2. The number of rotatable bonds is 3. The van der Waals surface area contributed by atoms with Gasteiger partial charge in [-0.1, -0.05) is 31.2 Å². The third-order valence-corrected chi connectivity index (χ3v) is 3.47. The first-order valence-corrected chi connectivity index (χ1v) is 6.65. The third kappa shape index (κ3) is 2.12. The second-order valence-electron chi connectivity index (χ2n) is 4.74. The molecule has 0 aliphatic carbocycles. The number of benzene rings is 2. The van der Waals surface area contributed by atoms with Gasteiger partial charge in [-0.05, 0) is 24.6 Å². The van der Waals surface area contributed by atoms with Crippen molar-refractivity contribution in [1.82, 2.24) is 9.78 Å². The van der Waals surface area contributed by atoms with Crippen molar-refractivity contribution in [3.63, 3.8) is 0 Å². The van der Waals surface area contributed by atoms with Gasteiger partial charge in [0, 0.05) is 16.5 Å².